The van der Waals surface area contributed by atoms with Crippen molar-refractivity contribution in [2.45, 2.75) is 13.5 Å². The Bertz CT molecular complexity index is 961. The van der Waals surface area contributed by atoms with Crippen molar-refractivity contribution in [1.82, 2.24) is 0 Å². The number of benzene rings is 3. The number of rotatable bonds is 7. The van der Waals surface area contributed by atoms with Crippen LogP contribution in [0.1, 0.15) is 22.8 Å². The van der Waals surface area contributed by atoms with Gasteiger partial charge in [-0.2, -0.15) is 0 Å². The van der Waals surface area contributed by atoms with Crippen molar-refractivity contribution in [3.05, 3.63) is 87.9 Å². The summed E-state index contributed by atoms with van der Waals surface area (Å²) in [4.78, 5) is 12.6. The Balaban J connectivity index is 1.78. The minimum atomic E-state index is -0.262. The summed E-state index contributed by atoms with van der Waals surface area (Å²) in [7, 11) is 0. The number of nitrogens with one attached hydrogen (secondary N) is 1. The number of hydrogen-bond donors (Lipinski definition) is 1. The summed E-state index contributed by atoms with van der Waals surface area (Å²) in [6.07, 6.45) is 0. The molecule has 3 rings (SSSR count). The third-order valence-electron chi connectivity index (χ3n) is 3.94. The highest BCUT2D eigenvalue weighted by Crippen LogP contribution is 2.26. The number of hydrogen-bond acceptors (Lipinski definition) is 3. The number of carbonyl (C=O) groups excluding carboxylic acids is 1. The van der Waals surface area contributed by atoms with Gasteiger partial charge in [-0.3, -0.25) is 4.79 Å². The smallest absolute Gasteiger partial charge is 0.255 e. The Morgan fingerprint density at radius 2 is 1.71 bits per heavy atom. The molecule has 0 fully saturated rings. The molecule has 1 amide bonds. The van der Waals surface area contributed by atoms with Gasteiger partial charge in [0, 0.05) is 16.8 Å². The van der Waals surface area contributed by atoms with Crippen LogP contribution in [0.5, 0.6) is 11.5 Å². The second kappa shape index (κ2) is 9.49. The molecule has 0 aliphatic rings. The van der Waals surface area contributed by atoms with Crippen LogP contribution in [0, 0.1) is 0 Å². The highest BCUT2D eigenvalue weighted by atomic mass is 35.5. The molecule has 0 heterocycles. The van der Waals surface area contributed by atoms with Gasteiger partial charge in [0.05, 0.1) is 16.7 Å². The van der Waals surface area contributed by atoms with Crippen LogP contribution in [0.15, 0.2) is 66.7 Å². The van der Waals surface area contributed by atoms with Crippen LogP contribution < -0.4 is 14.8 Å². The van der Waals surface area contributed by atoms with Gasteiger partial charge in [0.15, 0.2) is 0 Å². The second-order valence-corrected chi connectivity index (χ2v) is 6.75. The Hall–Kier alpha value is -2.69. The Labute approximate surface area is 174 Å². The van der Waals surface area contributed by atoms with E-state index in [4.69, 9.17) is 32.7 Å². The fourth-order valence-electron chi connectivity index (χ4n) is 2.58. The van der Waals surface area contributed by atoms with Crippen molar-refractivity contribution in [1.29, 1.82) is 0 Å². The molecule has 3 aromatic rings. The molecule has 0 bridgehead atoms. The van der Waals surface area contributed by atoms with Crippen LogP contribution in [0.3, 0.4) is 0 Å². The van der Waals surface area contributed by atoms with E-state index < -0.39 is 0 Å². The van der Waals surface area contributed by atoms with E-state index in [1.165, 1.54) is 0 Å². The predicted octanol–water partition coefficient (Wildman–Crippen LogP) is 6.22. The largest absolute Gasteiger partial charge is 0.493 e. The summed E-state index contributed by atoms with van der Waals surface area (Å²) in [6, 6.07) is 19.7. The molecule has 0 atom stereocenters. The lowest BCUT2D eigenvalue weighted by Crippen LogP contribution is -2.13. The molecule has 0 aliphatic heterocycles. The summed E-state index contributed by atoms with van der Waals surface area (Å²) in [5.74, 6) is 1.17. The molecule has 0 spiro atoms. The Kier molecular flexibility index (Phi) is 6.80. The lowest BCUT2D eigenvalue weighted by Gasteiger charge is -2.13. The van der Waals surface area contributed by atoms with Crippen LogP contribution in [0.2, 0.25) is 10.0 Å². The zero-order valence-electron chi connectivity index (χ0n) is 15.2. The van der Waals surface area contributed by atoms with Gasteiger partial charge in [-0.05, 0) is 55.5 Å². The first-order valence-corrected chi connectivity index (χ1v) is 9.52. The van der Waals surface area contributed by atoms with Crippen LogP contribution >= 0.6 is 23.2 Å². The van der Waals surface area contributed by atoms with Crippen LogP contribution in [0.25, 0.3) is 0 Å². The van der Waals surface area contributed by atoms with Crippen LogP contribution in [-0.4, -0.2) is 12.5 Å². The van der Waals surface area contributed by atoms with Gasteiger partial charge in [0.2, 0.25) is 0 Å². The number of carbonyl (C=O) groups is 1. The van der Waals surface area contributed by atoms with Crippen molar-refractivity contribution >= 4 is 34.8 Å². The van der Waals surface area contributed by atoms with Crippen molar-refractivity contribution in [3.8, 4) is 11.5 Å². The molecule has 4 nitrogen and oxygen atoms in total. The average Bonchev–Trinajstić information content (AvgIpc) is 2.71. The average molecular weight is 416 g/mol. The maximum Gasteiger partial charge on any atom is 0.255 e. The van der Waals surface area contributed by atoms with Crippen LogP contribution in [0.4, 0.5) is 5.69 Å². The normalized spacial score (nSPS) is 10.4. The second-order valence-electron chi connectivity index (χ2n) is 5.94. The summed E-state index contributed by atoms with van der Waals surface area (Å²) in [6.45, 7) is 2.72. The first kappa shape index (κ1) is 20.1. The van der Waals surface area contributed by atoms with E-state index in [0.717, 1.165) is 11.3 Å². The maximum absolute atomic E-state index is 12.6. The molecule has 0 aromatic heterocycles. The Morgan fingerprint density at radius 3 is 2.43 bits per heavy atom. The molecule has 144 valence electrons. The standard InChI is InChI=1S/C22H19Cl2NO3/c1-2-27-21-11-8-15(12-16(21)14-28-18-6-4-3-5-7-18)22(26)25-17-9-10-19(23)20(24)13-17/h3-13H,2,14H2,1H3,(H,25,26). The van der Waals surface area contributed by atoms with Crippen LogP contribution in [-0.2, 0) is 6.61 Å². The van der Waals surface area contributed by atoms with Gasteiger partial charge in [-0.1, -0.05) is 41.4 Å². The fraction of sp³-hybridized carbons (Fsp3) is 0.136. The molecule has 6 heteroatoms. The molecule has 0 aliphatic carbocycles. The van der Waals surface area contributed by atoms with Gasteiger partial charge in [-0.15, -0.1) is 0 Å². The monoisotopic (exact) mass is 415 g/mol. The molecular weight excluding hydrogens is 397 g/mol. The molecule has 3 aromatic carbocycles. The van der Waals surface area contributed by atoms with E-state index in [1.54, 1.807) is 36.4 Å². The molecule has 0 saturated heterocycles. The molecule has 1 N–H and O–H groups in total. The zero-order valence-corrected chi connectivity index (χ0v) is 16.8. The third kappa shape index (κ3) is 5.18. The van der Waals surface area contributed by atoms with E-state index in [0.29, 0.717) is 33.7 Å². The summed E-state index contributed by atoms with van der Waals surface area (Å²) in [5, 5.41) is 3.62. The van der Waals surface area contributed by atoms with E-state index in [-0.39, 0.29) is 12.5 Å². The van der Waals surface area contributed by atoms with Crippen molar-refractivity contribution in [2.24, 2.45) is 0 Å². The number of amides is 1. The number of anilines is 1. The number of para-hydroxylation sites is 1. The van der Waals surface area contributed by atoms with Crippen molar-refractivity contribution in [3.63, 3.8) is 0 Å². The topological polar surface area (TPSA) is 47.6 Å². The zero-order chi connectivity index (χ0) is 19.9. The summed E-state index contributed by atoms with van der Waals surface area (Å²) in [5.41, 5.74) is 1.84. The molecule has 0 saturated carbocycles. The third-order valence-corrected chi connectivity index (χ3v) is 4.68. The van der Waals surface area contributed by atoms with Gasteiger partial charge in [0.1, 0.15) is 18.1 Å². The lowest BCUT2D eigenvalue weighted by atomic mass is 10.1. The first-order valence-electron chi connectivity index (χ1n) is 8.77. The summed E-state index contributed by atoms with van der Waals surface area (Å²) < 4.78 is 11.5. The number of halogens is 2. The highest BCUT2D eigenvalue weighted by Gasteiger charge is 2.12. The first-order chi connectivity index (χ1) is 13.6. The summed E-state index contributed by atoms with van der Waals surface area (Å²) >= 11 is 11.9. The van der Waals surface area contributed by atoms with Gasteiger partial charge in [-0.25, -0.2) is 0 Å². The number of ether oxygens (including phenoxy) is 2. The van der Waals surface area contributed by atoms with E-state index >= 15 is 0 Å². The van der Waals surface area contributed by atoms with Gasteiger partial charge >= 0.3 is 0 Å². The van der Waals surface area contributed by atoms with E-state index in [2.05, 4.69) is 5.32 Å². The van der Waals surface area contributed by atoms with Gasteiger partial charge < -0.3 is 14.8 Å². The van der Waals surface area contributed by atoms with E-state index in [9.17, 15) is 4.79 Å². The SMILES string of the molecule is CCOc1ccc(C(=O)Nc2ccc(Cl)c(Cl)c2)cc1COc1ccccc1. The van der Waals surface area contributed by atoms with Crippen molar-refractivity contribution < 1.29 is 14.3 Å². The fourth-order valence-corrected chi connectivity index (χ4v) is 2.88. The maximum atomic E-state index is 12.6. The van der Waals surface area contributed by atoms with E-state index in [1.807, 2.05) is 37.3 Å². The minimum absolute atomic E-state index is 0.262. The van der Waals surface area contributed by atoms with Crippen molar-refractivity contribution in [2.75, 3.05) is 11.9 Å². The highest BCUT2D eigenvalue weighted by molar-refractivity contribution is 6.42. The quantitative estimate of drug-likeness (QED) is 0.497. The van der Waals surface area contributed by atoms with Gasteiger partial charge in [0.25, 0.3) is 5.91 Å². The predicted molar refractivity (Wildman–Crippen MR) is 113 cm³/mol. The molecule has 0 unspecified atom stereocenters. The lowest BCUT2D eigenvalue weighted by molar-refractivity contribution is 0.102. The minimum Gasteiger partial charge on any atom is -0.493 e. The molecule has 28 heavy (non-hydrogen) atoms. The Morgan fingerprint density at radius 1 is 0.929 bits per heavy atom. The molecule has 0 radical (unpaired) electrons. The molecular formula is C22H19Cl2NO3.